The Morgan fingerprint density at radius 2 is 1.60 bits per heavy atom. The van der Waals surface area contributed by atoms with Crippen LogP contribution in [0.25, 0.3) is 22.2 Å². The zero-order valence-corrected chi connectivity index (χ0v) is 27.2. The van der Waals surface area contributed by atoms with Crippen LogP contribution in [-0.4, -0.2) is 28.8 Å². The minimum Gasteiger partial charge on any atom is -1.00 e. The van der Waals surface area contributed by atoms with Gasteiger partial charge in [0.25, 0.3) is 5.82 Å². The molecule has 222 valence electrons. The highest BCUT2D eigenvalue weighted by Gasteiger charge is 2.29. The third-order valence-electron chi connectivity index (χ3n) is 7.66. The number of nitrogens with one attached hydrogen (secondary N) is 1. The minimum absolute atomic E-state index is 0. The number of hydrogen-bond donors (Lipinski definition) is 1. The Morgan fingerprint density at radius 3 is 2.19 bits per heavy atom. The Bertz CT molecular complexity index is 1540. The summed E-state index contributed by atoms with van der Waals surface area (Å²) in [4.78, 5) is 25.2. The maximum Gasteiger partial charge on any atom is 0.408 e. The summed E-state index contributed by atoms with van der Waals surface area (Å²) in [6.45, 7) is 12.0. The summed E-state index contributed by atoms with van der Waals surface area (Å²) < 4.78 is 15.7. The average molecular weight is 682 g/mol. The van der Waals surface area contributed by atoms with Crippen LogP contribution in [0.5, 0.6) is 0 Å². The number of carbonyl (C=O) groups excluding carboxylic acids is 2. The third-order valence-corrected chi connectivity index (χ3v) is 7.66. The van der Waals surface area contributed by atoms with E-state index in [1.807, 2.05) is 32.9 Å². The molecule has 0 saturated heterocycles. The Labute approximate surface area is 265 Å². The number of ether oxygens (including phenoxy) is 2. The van der Waals surface area contributed by atoms with Gasteiger partial charge in [-0.2, -0.15) is 0 Å². The smallest absolute Gasteiger partial charge is 0.408 e. The number of imidazole rings is 1. The van der Waals surface area contributed by atoms with Gasteiger partial charge in [0, 0.05) is 12.3 Å². The van der Waals surface area contributed by atoms with Gasteiger partial charge in [-0.15, -0.1) is 0 Å². The van der Waals surface area contributed by atoms with Gasteiger partial charge in [-0.1, -0.05) is 54.6 Å². The van der Waals surface area contributed by atoms with E-state index in [-0.39, 0.29) is 35.9 Å². The number of alkyl carbamates (subject to hydrolysis) is 1. The summed E-state index contributed by atoms with van der Waals surface area (Å²) in [6.07, 6.45) is 0.478. The van der Waals surface area contributed by atoms with Gasteiger partial charge in [0.2, 0.25) is 0 Å². The quantitative estimate of drug-likeness (QED) is 0.167. The molecular formula is C34H40IN3O4. The van der Waals surface area contributed by atoms with Crippen LogP contribution in [0.15, 0.2) is 66.7 Å². The molecule has 0 unspecified atom stereocenters. The summed E-state index contributed by atoms with van der Waals surface area (Å²) in [7, 11) is 0. The zero-order chi connectivity index (χ0) is 29.1. The van der Waals surface area contributed by atoms with Crippen LogP contribution in [0.3, 0.4) is 0 Å². The van der Waals surface area contributed by atoms with Crippen molar-refractivity contribution in [2.45, 2.75) is 78.6 Å². The Morgan fingerprint density at radius 1 is 0.952 bits per heavy atom. The topological polar surface area (TPSA) is 73.4 Å². The first-order chi connectivity index (χ1) is 19.7. The molecule has 0 fully saturated rings. The lowest BCUT2D eigenvalue weighted by Gasteiger charge is -2.19. The molecule has 1 aliphatic carbocycles. The van der Waals surface area contributed by atoms with Gasteiger partial charge in [0.05, 0.1) is 13.1 Å². The van der Waals surface area contributed by atoms with Crippen LogP contribution in [0, 0.1) is 0 Å². The van der Waals surface area contributed by atoms with Crippen molar-refractivity contribution in [3.05, 3.63) is 89.2 Å². The van der Waals surface area contributed by atoms with E-state index in [4.69, 9.17) is 9.47 Å². The number of halogens is 1. The first-order valence-corrected chi connectivity index (χ1v) is 14.5. The van der Waals surface area contributed by atoms with Gasteiger partial charge in [-0.25, -0.2) is 13.9 Å². The predicted molar refractivity (Wildman–Crippen MR) is 160 cm³/mol. The number of fused-ring (bicyclic) bond motifs is 4. The van der Waals surface area contributed by atoms with Gasteiger partial charge in [-0.05, 0) is 81.0 Å². The fourth-order valence-electron chi connectivity index (χ4n) is 5.89. The summed E-state index contributed by atoms with van der Waals surface area (Å²) in [5, 5.41) is 2.91. The number of benzene rings is 3. The Hall–Kier alpha value is -3.40. The normalized spacial score (nSPS) is 12.4. The summed E-state index contributed by atoms with van der Waals surface area (Å²) in [5.41, 5.74) is 7.59. The largest absolute Gasteiger partial charge is 1.00 e. The van der Waals surface area contributed by atoms with Gasteiger partial charge < -0.3 is 38.8 Å². The van der Waals surface area contributed by atoms with Crippen LogP contribution in [-0.2, 0) is 40.3 Å². The number of aromatic nitrogens is 2. The lowest BCUT2D eigenvalue weighted by Crippen LogP contribution is -3.00. The summed E-state index contributed by atoms with van der Waals surface area (Å²) in [6, 6.07) is 23.1. The Balaban J connectivity index is 0.00000405. The number of esters is 1. The highest BCUT2D eigenvalue weighted by Crippen LogP contribution is 2.44. The van der Waals surface area contributed by atoms with Crippen molar-refractivity contribution in [3.8, 4) is 11.1 Å². The number of carbonyl (C=O) groups is 2. The van der Waals surface area contributed by atoms with E-state index in [0.717, 1.165) is 35.5 Å². The van der Waals surface area contributed by atoms with Crippen LogP contribution in [0.4, 0.5) is 4.79 Å². The molecule has 1 heterocycles. The Kier molecular flexibility index (Phi) is 9.97. The summed E-state index contributed by atoms with van der Waals surface area (Å²) >= 11 is 0. The number of rotatable bonds is 9. The number of amides is 1. The van der Waals surface area contributed by atoms with E-state index in [0.29, 0.717) is 26.0 Å². The molecule has 5 rings (SSSR count). The second kappa shape index (κ2) is 13.3. The number of aryl methyl sites for hydroxylation is 3. The maximum absolute atomic E-state index is 12.9. The molecule has 1 aromatic heterocycles. The van der Waals surface area contributed by atoms with Crippen molar-refractivity contribution in [1.82, 2.24) is 9.88 Å². The minimum atomic E-state index is -0.551. The van der Waals surface area contributed by atoms with E-state index in [1.165, 1.54) is 22.3 Å². The molecule has 0 bridgehead atoms. The van der Waals surface area contributed by atoms with Crippen molar-refractivity contribution < 1.29 is 47.6 Å². The molecular weight excluding hydrogens is 641 g/mol. The lowest BCUT2D eigenvalue weighted by molar-refractivity contribution is -0.676. The van der Waals surface area contributed by atoms with Crippen LogP contribution >= 0.6 is 0 Å². The van der Waals surface area contributed by atoms with E-state index < -0.39 is 11.7 Å². The van der Waals surface area contributed by atoms with E-state index >= 15 is 0 Å². The molecule has 42 heavy (non-hydrogen) atoms. The molecule has 0 saturated carbocycles. The molecule has 4 aromatic rings. The van der Waals surface area contributed by atoms with Gasteiger partial charge in [0.15, 0.2) is 11.0 Å². The SMILES string of the molecule is CCn1c(CNC(=O)OC(C)(C)C)[n+](CC)c2ccc(CCC(=O)OCC3c4ccccc4-c4ccccc43)cc21.[I-]. The number of nitrogens with zero attached hydrogens (tertiary/aromatic N) is 2. The van der Waals surface area contributed by atoms with Gasteiger partial charge in [0.1, 0.15) is 18.8 Å². The zero-order valence-electron chi connectivity index (χ0n) is 25.1. The predicted octanol–water partition coefficient (Wildman–Crippen LogP) is 3.29. The van der Waals surface area contributed by atoms with Gasteiger partial charge >= 0.3 is 12.1 Å². The van der Waals surface area contributed by atoms with Crippen LogP contribution < -0.4 is 33.9 Å². The van der Waals surface area contributed by atoms with Crippen LogP contribution in [0.2, 0.25) is 0 Å². The monoisotopic (exact) mass is 681 g/mol. The average Bonchev–Trinajstić information content (AvgIpc) is 3.44. The first kappa shape index (κ1) is 31.5. The molecule has 3 aromatic carbocycles. The van der Waals surface area contributed by atoms with E-state index in [1.54, 1.807) is 0 Å². The van der Waals surface area contributed by atoms with Gasteiger partial charge in [-0.3, -0.25) is 4.79 Å². The lowest BCUT2D eigenvalue weighted by atomic mass is 9.98. The molecule has 0 spiro atoms. The molecule has 1 aliphatic rings. The third kappa shape index (κ3) is 6.64. The van der Waals surface area contributed by atoms with Crippen molar-refractivity contribution in [2.24, 2.45) is 0 Å². The highest BCUT2D eigenvalue weighted by molar-refractivity contribution is 5.79. The molecule has 1 amide bonds. The van der Waals surface area contributed by atoms with Crippen molar-refractivity contribution >= 4 is 23.1 Å². The van der Waals surface area contributed by atoms with Crippen molar-refractivity contribution in [1.29, 1.82) is 0 Å². The van der Waals surface area contributed by atoms with E-state index in [2.05, 4.69) is 82.9 Å². The molecule has 0 aliphatic heterocycles. The highest BCUT2D eigenvalue weighted by atomic mass is 127. The number of hydrogen-bond acceptors (Lipinski definition) is 4. The maximum atomic E-state index is 12.9. The standard InChI is InChI=1S/C34H39N3O4.HI/c1-6-36-29-18-16-23(20-30(29)37(7-2)31(36)21-35-33(39)41-34(3,4)5)17-19-32(38)40-22-28-26-14-10-8-12-24(26)25-13-9-11-15-27(25)28;/h8-16,18,20,28H,6-7,17,19,21-22H2,1-5H3;1H. The van der Waals surface area contributed by atoms with Crippen molar-refractivity contribution in [2.75, 3.05) is 6.61 Å². The van der Waals surface area contributed by atoms with Crippen LogP contribution in [0.1, 0.15) is 69.5 Å². The second-order valence-corrected chi connectivity index (χ2v) is 11.5. The first-order valence-electron chi connectivity index (χ1n) is 14.5. The fraction of sp³-hybridized carbons (Fsp3) is 0.382. The van der Waals surface area contributed by atoms with E-state index in [9.17, 15) is 9.59 Å². The molecule has 7 nitrogen and oxygen atoms in total. The van der Waals surface area contributed by atoms with Crippen molar-refractivity contribution in [3.63, 3.8) is 0 Å². The molecule has 1 N–H and O–H groups in total. The summed E-state index contributed by atoms with van der Waals surface area (Å²) in [5.74, 6) is 0.876. The molecule has 0 atom stereocenters. The molecule has 8 heteroatoms. The molecule has 0 radical (unpaired) electrons. The second-order valence-electron chi connectivity index (χ2n) is 11.5. The fourth-order valence-corrected chi connectivity index (χ4v) is 5.89.